The van der Waals surface area contributed by atoms with E-state index >= 15 is 0 Å². The molecule has 1 amide bonds. The van der Waals surface area contributed by atoms with Gasteiger partial charge in [0.15, 0.2) is 0 Å². The van der Waals surface area contributed by atoms with Gasteiger partial charge in [-0.3, -0.25) is 4.79 Å². The molecule has 0 spiro atoms. The van der Waals surface area contributed by atoms with Crippen LogP contribution >= 0.6 is 11.3 Å². The van der Waals surface area contributed by atoms with Gasteiger partial charge in [0.2, 0.25) is 5.91 Å². The van der Waals surface area contributed by atoms with Crippen LogP contribution in [-0.2, 0) is 11.2 Å². The van der Waals surface area contributed by atoms with Crippen molar-refractivity contribution in [1.82, 2.24) is 4.90 Å². The summed E-state index contributed by atoms with van der Waals surface area (Å²) in [6, 6.07) is 1.87. The summed E-state index contributed by atoms with van der Waals surface area (Å²) < 4.78 is 0. The third-order valence-electron chi connectivity index (χ3n) is 3.65. The minimum absolute atomic E-state index is 0.0208. The molecular weight excluding hydrogens is 278 g/mol. The second kappa shape index (κ2) is 6.37. The molecule has 1 atom stereocenters. The van der Waals surface area contributed by atoms with E-state index in [0.717, 1.165) is 29.7 Å². The molecule has 110 valence electrons. The van der Waals surface area contributed by atoms with Crippen molar-refractivity contribution in [3.63, 3.8) is 0 Å². The van der Waals surface area contributed by atoms with Crippen LogP contribution in [0.3, 0.4) is 0 Å². The first-order chi connectivity index (χ1) is 9.52. The number of hydrogen-bond acceptors (Lipinski definition) is 4. The van der Waals surface area contributed by atoms with Crippen molar-refractivity contribution in [3.05, 3.63) is 21.4 Å². The molecule has 0 bridgehead atoms. The van der Waals surface area contributed by atoms with Gasteiger partial charge >= 0.3 is 5.97 Å². The number of aliphatic hydroxyl groups excluding tert-OH is 1. The van der Waals surface area contributed by atoms with Crippen LogP contribution in [0.25, 0.3) is 0 Å². The Labute approximate surface area is 121 Å². The number of carboxylic acids is 1. The van der Waals surface area contributed by atoms with E-state index in [4.69, 9.17) is 5.11 Å². The molecule has 2 N–H and O–H groups in total. The number of thiophene rings is 1. The zero-order valence-corrected chi connectivity index (χ0v) is 12.3. The van der Waals surface area contributed by atoms with Gasteiger partial charge < -0.3 is 15.1 Å². The summed E-state index contributed by atoms with van der Waals surface area (Å²) in [5.41, 5.74) is 0.794. The molecule has 1 aromatic heterocycles. The summed E-state index contributed by atoms with van der Waals surface area (Å²) >= 11 is 1.31. The summed E-state index contributed by atoms with van der Waals surface area (Å²) in [7, 11) is 0. The molecule has 1 saturated heterocycles. The van der Waals surface area contributed by atoms with E-state index in [2.05, 4.69) is 0 Å². The molecule has 1 fully saturated rings. The first-order valence-electron chi connectivity index (χ1n) is 6.76. The number of aromatic carboxylic acids is 1. The van der Waals surface area contributed by atoms with E-state index in [0.29, 0.717) is 17.8 Å². The summed E-state index contributed by atoms with van der Waals surface area (Å²) in [5, 5.41) is 18.2. The molecule has 6 heteroatoms. The minimum atomic E-state index is -0.881. The lowest BCUT2D eigenvalue weighted by atomic mass is 10.2. The van der Waals surface area contributed by atoms with Gasteiger partial charge in [0, 0.05) is 17.8 Å². The lowest BCUT2D eigenvalue weighted by Gasteiger charge is -2.22. The number of carbonyl (C=O) groups excluding carboxylic acids is 1. The number of amides is 1. The maximum absolute atomic E-state index is 11.7. The lowest BCUT2D eigenvalue weighted by Crippen LogP contribution is -2.36. The molecule has 0 aliphatic carbocycles. The Kier molecular flexibility index (Phi) is 4.77. The molecule has 2 rings (SSSR count). The Morgan fingerprint density at radius 3 is 2.90 bits per heavy atom. The van der Waals surface area contributed by atoms with Gasteiger partial charge in [0.05, 0.1) is 12.6 Å². The highest BCUT2D eigenvalue weighted by Gasteiger charge is 2.29. The number of aliphatic hydroxyl groups is 1. The normalized spacial score (nSPS) is 18.8. The smallest absolute Gasteiger partial charge is 0.346 e. The molecule has 1 aromatic rings. The number of likely N-dealkylation sites (tertiary alicyclic amines) is 1. The molecule has 1 aliphatic rings. The molecule has 5 nitrogen and oxygen atoms in total. The lowest BCUT2D eigenvalue weighted by molar-refractivity contribution is -0.129. The monoisotopic (exact) mass is 297 g/mol. The van der Waals surface area contributed by atoms with E-state index in [1.54, 1.807) is 11.8 Å². The highest BCUT2D eigenvalue weighted by molar-refractivity contribution is 7.14. The van der Waals surface area contributed by atoms with Gasteiger partial charge in [-0.25, -0.2) is 4.79 Å². The summed E-state index contributed by atoms with van der Waals surface area (Å²) in [4.78, 5) is 25.8. The number of hydrogen-bond donors (Lipinski definition) is 2. The Morgan fingerprint density at radius 1 is 1.55 bits per heavy atom. The van der Waals surface area contributed by atoms with E-state index in [1.165, 1.54) is 11.3 Å². The van der Waals surface area contributed by atoms with Crippen molar-refractivity contribution < 1.29 is 19.8 Å². The quantitative estimate of drug-likeness (QED) is 0.837. The van der Waals surface area contributed by atoms with Crippen molar-refractivity contribution in [2.45, 2.75) is 38.6 Å². The Hall–Kier alpha value is -1.40. The van der Waals surface area contributed by atoms with Gasteiger partial charge in [-0.1, -0.05) is 0 Å². The second-order valence-electron chi connectivity index (χ2n) is 5.10. The largest absolute Gasteiger partial charge is 0.477 e. The van der Waals surface area contributed by atoms with E-state index < -0.39 is 5.97 Å². The van der Waals surface area contributed by atoms with Gasteiger partial charge in [-0.05, 0) is 37.8 Å². The number of rotatable bonds is 6. The van der Waals surface area contributed by atoms with Crippen LogP contribution in [0.15, 0.2) is 6.07 Å². The molecule has 0 radical (unpaired) electrons. The van der Waals surface area contributed by atoms with Crippen LogP contribution in [-0.4, -0.2) is 46.2 Å². The van der Waals surface area contributed by atoms with Gasteiger partial charge in [-0.15, -0.1) is 11.3 Å². The Morgan fingerprint density at radius 2 is 2.30 bits per heavy atom. The minimum Gasteiger partial charge on any atom is -0.477 e. The maximum atomic E-state index is 11.7. The number of carbonyl (C=O) groups is 2. The summed E-state index contributed by atoms with van der Waals surface area (Å²) in [6.45, 7) is 2.45. The molecule has 0 saturated carbocycles. The van der Waals surface area contributed by atoms with Crippen LogP contribution in [0.2, 0.25) is 0 Å². The maximum Gasteiger partial charge on any atom is 0.346 e. The average molecular weight is 297 g/mol. The van der Waals surface area contributed by atoms with E-state index in [1.807, 2.05) is 6.07 Å². The SMILES string of the molecule is Cc1cc(CCCN2C(=O)CC[C@@H]2CO)sc1C(=O)O. The van der Waals surface area contributed by atoms with Crippen LogP contribution in [0.5, 0.6) is 0 Å². The van der Waals surface area contributed by atoms with E-state index in [-0.39, 0.29) is 18.6 Å². The molecule has 0 unspecified atom stereocenters. The van der Waals surface area contributed by atoms with Gasteiger partial charge in [0.1, 0.15) is 4.88 Å². The number of aryl methyl sites for hydroxylation is 2. The van der Waals surface area contributed by atoms with Crippen LogP contribution in [0.1, 0.15) is 39.4 Å². The fraction of sp³-hybridized carbons (Fsp3) is 0.571. The zero-order chi connectivity index (χ0) is 14.7. The third-order valence-corrected chi connectivity index (χ3v) is 4.93. The summed E-state index contributed by atoms with van der Waals surface area (Å²) in [5.74, 6) is -0.772. The second-order valence-corrected chi connectivity index (χ2v) is 6.23. The van der Waals surface area contributed by atoms with Gasteiger partial charge in [-0.2, -0.15) is 0 Å². The molecule has 20 heavy (non-hydrogen) atoms. The fourth-order valence-corrected chi connectivity index (χ4v) is 3.65. The predicted molar refractivity (Wildman–Crippen MR) is 76.2 cm³/mol. The van der Waals surface area contributed by atoms with E-state index in [9.17, 15) is 14.7 Å². The van der Waals surface area contributed by atoms with Crippen molar-refractivity contribution >= 4 is 23.2 Å². The van der Waals surface area contributed by atoms with Crippen LogP contribution in [0.4, 0.5) is 0 Å². The van der Waals surface area contributed by atoms with Crippen molar-refractivity contribution in [2.75, 3.05) is 13.2 Å². The highest BCUT2D eigenvalue weighted by atomic mass is 32.1. The van der Waals surface area contributed by atoms with Crippen molar-refractivity contribution in [3.8, 4) is 0 Å². The Bertz CT molecular complexity index is 511. The van der Waals surface area contributed by atoms with Crippen molar-refractivity contribution in [2.24, 2.45) is 0 Å². The molecule has 2 heterocycles. The van der Waals surface area contributed by atoms with Crippen LogP contribution in [0, 0.1) is 6.92 Å². The topological polar surface area (TPSA) is 77.8 Å². The fourth-order valence-electron chi connectivity index (χ4n) is 2.60. The standard InChI is InChI=1S/C14H19NO4S/c1-9-7-11(20-13(9)14(18)19)3-2-6-15-10(8-16)4-5-12(15)17/h7,10,16H,2-6,8H2,1H3,(H,18,19)/t10-/m1/s1. The van der Waals surface area contributed by atoms with Crippen LogP contribution < -0.4 is 0 Å². The highest BCUT2D eigenvalue weighted by Crippen LogP contribution is 2.24. The number of carboxylic acid groups (broad SMARTS) is 1. The van der Waals surface area contributed by atoms with Gasteiger partial charge in [0.25, 0.3) is 0 Å². The molecule has 1 aliphatic heterocycles. The third kappa shape index (κ3) is 3.19. The van der Waals surface area contributed by atoms with Crippen molar-refractivity contribution in [1.29, 1.82) is 0 Å². The predicted octanol–water partition coefficient (Wildman–Crippen LogP) is 1.67. The average Bonchev–Trinajstić information content (AvgIpc) is 2.94. The Balaban J connectivity index is 1.88. The summed E-state index contributed by atoms with van der Waals surface area (Å²) in [6.07, 6.45) is 2.81. The number of nitrogens with zero attached hydrogens (tertiary/aromatic N) is 1. The molecule has 0 aromatic carbocycles. The first-order valence-corrected chi connectivity index (χ1v) is 7.57. The zero-order valence-electron chi connectivity index (χ0n) is 11.5. The first kappa shape index (κ1) is 15.0. The molecular formula is C14H19NO4S.